The monoisotopic (exact) mass is 921 g/mol. The van der Waals surface area contributed by atoms with Gasteiger partial charge < -0.3 is 10.6 Å². The smallest absolute Gasteiger partial charge is 0.239 e. The third-order valence-electron chi connectivity index (χ3n) is 16.1. The maximum absolute atomic E-state index is 5.10. The van der Waals surface area contributed by atoms with Gasteiger partial charge in [0.2, 0.25) is 11.9 Å². The highest BCUT2D eigenvalue weighted by atomic mass is 15.3. The maximum Gasteiger partial charge on any atom is 0.239 e. The van der Waals surface area contributed by atoms with Crippen molar-refractivity contribution >= 4 is 23.3 Å². The SMILES string of the molecule is CCCCCCC1CCC(CCCCCCCCCNc2nc(N(c3ccccc3)c3ccccc3)nc(C(C)(C)CC)n2)C(CCCCCCCCCNC(C)(C)CC)C1CCCCCC. The first-order valence-corrected chi connectivity index (χ1v) is 28.8. The van der Waals surface area contributed by atoms with Gasteiger partial charge in [0.25, 0.3) is 0 Å². The molecule has 2 aromatic carbocycles. The van der Waals surface area contributed by atoms with E-state index in [4.69, 9.17) is 15.0 Å². The summed E-state index contributed by atoms with van der Waals surface area (Å²) in [6.07, 6.45) is 41.9. The fraction of sp³-hybridized carbons (Fsp3) is 0.754. The van der Waals surface area contributed by atoms with Crippen molar-refractivity contribution in [1.29, 1.82) is 0 Å². The van der Waals surface area contributed by atoms with E-state index in [2.05, 4.69) is 132 Å². The molecule has 4 rings (SSSR count). The molecule has 6 heteroatoms. The molecule has 1 saturated carbocycles. The molecule has 0 saturated heterocycles. The Morgan fingerprint density at radius 1 is 0.478 bits per heavy atom. The molecule has 67 heavy (non-hydrogen) atoms. The van der Waals surface area contributed by atoms with E-state index in [1.165, 1.54) is 186 Å². The van der Waals surface area contributed by atoms with Crippen LogP contribution < -0.4 is 15.5 Å². The van der Waals surface area contributed by atoms with Crippen molar-refractivity contribution in [3.8, 4) is 0 Å². The standard InChI is InChI=1S/C61H104N6/c1-9-13-15-29-39-51-47-48-52(56(55(51)45-35-16-14-10-2)46-36-24-20-18-22-26-38-50-63-61(7,8)12-4)40-30-23-19-17-21-25-37-49-62-58-64-57(60(5,6)11-3)65-59(66-58)67(53-41-31-27-32-42-53)54-43-33-28-34-44-54/h27-28,31-34,41-44,51-52,55-56,63H,9-26,29-30,35-40,45-50H2,1-8H3,(H,62,64,65,66). The van der Waals surface area contributed by atoms with E-state index in [0.29, 0.717) is 11.9 Å². The minimum Gasteiger partial charge on any atom is -0.354 e. The van der Waals surface area contributed by atoms with Crippen LogP contribution in [0, 0.1) is 23.7 Å². The first-order valence-electron chi connectivity index (χ1n) is 28.8. The van der Waals surface area contributed by atoms with Crippen LogP contribution in [0.4, 0.5) is 23.3 Å². The Balaban J connectivity index is 1.24. The summed E-state index contributed by atoms with van der Waals surface area (Å²) in [5, 5.41) is 7.38. The van der Waals surface area contributed by atoms with Crippen LogP contribution in [-0.4, -0.2) is 33.6 Å². The second kappa shape index (κ2) is 32.8. The normalized spacial score (nSPS) is 17.8. The fourth-order valence-electron chi connectivity index (χ4n) is 10.9. The third-order valence-corrected chi connectivity index (χ3v) is 16.1. The predicted octanol–water partition coefficient (Wildman–Crippen LogP) is 18.7. The Bertz CT molecular complexity index is 1620. The van der Waals surface area contributed by atoms with Crippen molar-refractivity contribution in [3.05, 3.63) is 66.5 Å². The van der Waals surface area contributed by atoms with Crippen LogP contribution in [0.15, 0.2) is 60.7 Å². The molecule has 1 aliphatic carbocycles. The summed E-state index contributed by atoms with van der Waals surface area (Å²) >= 11 is 0. The number of unbranched alkanes of at least 4 members (excludes halogenated alkanes) is 18. The third kappa shape index (κ3) is 21.3. The van der Waals surface area contributed by atoms with Crippen molar-refractivity contribution in [2.75, 3.05) is 23.3 Å². The molecule has 6 nitrogen and oxygen atoms in total. The Labute approximate surface area is 414 Å². The molecule has 0 spiro atoms. The Morgan fingerprint density at radius 3 is 1.37 bits per heavy atom. The number of nitrogens with zero attached hydrogens (tertiary/aromatic N) is 4. The number of anilines is 4. The second-order valence-corrected chi connectivity index (χ2v) is 22.3. The summed E-state index contributed by atoms with van der Waals surface area (Å²) in [7, 11) is 0. The second-order valence-electron chi connectivity index (χ2n) is 22.3. The van der Waals surface area contributed by atoms with Gasteiger partial charge >= 0.3 is 0 Å². The molecule has 1 aliphatic rings. The topological polar surface area (TPSA) is 66.0 Å². The molecular formula is C61H104N6. The molecule has 3 aromatic rings. The number of aromatic nitrogens is 3. The summed E-state index contributed by atoms with van der Waals surface area (Å²) in [6, 6.07) is 20.9. The average Bonchev–Trinajstić information content (AvgIpc) is 3.34. The zero-order chi connectivity index (χ0) is 48.0. The van der Waals surface area contributed by atoms with Crippen LogP contribution in [0.3, 0.4) is 0 Å². The van der Waals surface area contributed by atoms with Gasteiger partial charge in [0.05, 0.1) is 0 Å². The zero-order valence-electron chi connectivity index (χ0n) is 45.0. The minimum atomic E-state index is -0.166. The Morgan fingerprint density at radius 2 is 0.910 bits per heavy atom. The Hall–Kier alpha value is -2.99. The van der Waals surface area contributed by atoms with Crippen molar-refractivity contribution in [2.45, 2.75) is 259 Å². The van der Waals surface area contributed by atoms with Crippen LogP contribution in [0.5, 0.6) is 0 Å². The number of hydrogen-bond donors (Lipinski definition) is 2. The minimum absolute atomic E-state index is 0.166. The molecule has 1 fully saturated rings. The highest BCUT2D eigenvalue weighted by molar-refractivity contribution is 5.72. The highest BCUT2D eigenvalue weighted by Gasteiger charge is 2.38. The van der Waals surface area contributed by atoms with Crippen molar-refractivity contribution in [1.82, 2.24) is 20.3 Å². The lowest BCUT2D eigenvalue weighted by Crippen LogP contribution is -2.38. The van der Waals surface area contributed by atoms with Gasteiger partial charge in [-0.25, -0.2) is 0 Å². The first-order chi connectivity index (χ1) is 32.6. The van der Waals surface area contributed by atoms with Gasteiger partial charge in [0, 0.05) is 28.9 Å². The number of para-hydroxylation sites is 2. The summed E-state index contributed by atoms with van der Waals surface area (Å²) in [4.78, 5) is 17.3. The molecule has 4 atom stereocenters. The number of hydrogen-bond acceptors (Lipinski definition) is 6. The van der Waals surface area contributed by atoms with E-state index in [9.17, 15) is 0 Å². The van der Waals surface area contributed by atoms with Gasteiger partial charge in [-0.3, -0.25) is 4.90 Å². The molecule has 378 valence electrons. The molecule has 0 amide bonds. The molecule has 1 heterocycles. The highest BCUT2D eigenvalue weighted by Crippen LogP contribution is 2.48. The summed E-state index contributed by atoms with van der Waals surface area (Å²) < 4.78 is 0. The van der Waals surface area contributed by atoms with Crippen molar-refractivity contribution < 1.29 is 0 Å². The Kier molecular flexibility index (Phi) is 27.7. The molecule has 2 N–H and O–H groups in total. The van der Waals surface area contributed by atoms with Crippen LogP contribution in [0.2, 0.25) is 0 Å². The van der Waals surface area contributed by atoms with Crippen molar-refractivity contribution in [2.24, 2.45) is 23.7 Å². The largest absolute Gasteiger partial charge is 0.354 e. The fourth-order valence-corrected chi connectivity index (χ4v) is 10.9. The van der Waals surface area contributed by atoms with E-state index >= 15 is 0 Å². The van der Waals surface area contributed by atoms with Gasteiger partial charge in [-0.1, -0.05) is 219 Å². The molecule has 1 aromatic heterocycles. The summed E-state index contributed by atoms with van der Waals surface area (Å²) in [5.41, 5.74) is 2.20. The summed E-state index contributed by atoms with van der Waals surface area (Å²) in [6.45, 7) is 20.4. The van der Waals surface area contributed by atoms with Crippen LogP contribution in [0.1, 0.15) is 254 Å². The molecular weight excluding hydrogens is 817 g/mol. The summed E-state index contributed by atoms with van der Waals surface area (Å²) in [5.74, 6) is 6.11. The van der Waals surface area contributed by atoms with E-state index in [0.717, 1.165) is 60.3 Å². The lowest BCUT2D eigenvalue weighted by Gasteiger charge is -2.44. The molecule has 4 unspecified atom stereocenters. The lowest BCUT2D eigenvalue weighted by atomic mass is 9.61. The molecule has 0 aliphatic heterocycles. The van der Waals surface area contributed by atoms with Gasteiger partial charge in [-0.2, -0.15) is 15.0 Å². The van der Waals surface area contributed by atoms with Crippen LogP contribution in [0.25, 0.3) is 0 Å². The van der Waals surface area contributed by atoms with Crippen molar-refractivity contribution in [3.63, 3.8) is 0 Å². The van der Waals surface area contributed by atoms with Gasteiger partial charge in [-0.05, 0) is 120 Å². The van der Waals surface area contributed by atoms with Crippen LogP contribution >= 0.6 is 0 Å². The van der Waals surface area contributed by atoms with E-state index in [1.807, 2.05) is 0 Å². The average molecular weight is 922 g/mol. The molecule has 0 bridgehead atoms. The zero-order valence-corrected chi connectivity index (χ0v) is 45.0. The van der Waals surface area contributed by atoms with E-state index in [-0.39, 0.29) is 11.0 Å². The predicted molar refractivity (Wildman–Crippen MR) is 293 cm³/mol. The van der Waals surface area contributed by atoms with Gasteiger partial charge in [-0.15, -0.1) is 0 Å². The first kappa shape index (κ1) is 56.6. The number of rotatable bonds is 38. The van der Waals surface area contributed by atoms with Gasteiger partial charge in [0.1, 0.15) is 5.82 Å². The van der Waals surface area contributed by atoms with Crippen LogP contribution in [-0.2, 0) is 5.41 Å². The quantitative estimate of drug-likeness (QED) is 0.0558. The van der Waals surface area contributed by atoms with E-state index in [1.54, 1.807) is 0 Å². The molecule has 0 radical (unpaired) electrons. The number of nitrogens with one attached hydrogen (secondary N) is 2. The number of benzene rings is 2. The lowest BCUT2D eigenvalue weighted by molar-refractivity contribution is 0.0581. The van der Waals surface area contributed by atoms with E-state index < -0.39 is 0 Å². The maximum atomic E-state index is 5.10. The van der Waals surface area contributed by atoms with Gasteiger partial charge in [0.15, 0.2) is 0 Å².